The van der Waals surface area contributed by atoms with Gasteiger partial charge in [-0.2, -0.15) is 0 Å². The van der Waals surface area contributed by atoms with Gasteiger partial charge in [0.05, 0.1) is 5.69 Å². The summed E-state index contributed by atoms with van der Waals surface area (Å²) in [5, 5.41) is 18.5. The van der Waals surface area contributed by atoms with Crippen LogP contribution in [-0.2, 0) is 0 Å². The predicted octanol–water partition coefficient (Wildman–Crippen LogP) is 5.80. The molecule has 2 aromatic rings. The molecule has 2 rings (SSSR count). The van der Waals surface area contributed by atoms with Gasteiger partial charge < -0.3 is 5.11 Å². The first kappa shape index (κ1) is 14.7. The lowest BCUT2D eigenvalue weighted by atomic mass is 10.1. The zero-order valence-electron chi connectivity index (χ0n) is 12.0. The van der Waals surface area contributed by atoms with Crippen LogP contribution in [0.3, 0.4) is 0 Å². The van der Waals surface area contributed by atoms with Crippen LogP contribution in [0.2, 0.25) is 0 Å². The fraction of sp³-hybridized carbons (Fsp3) is 0.250. The lowest BCUT2D eigenvalue weighted by Crippen LogP contribution is -1.83. The Morgan fingerprint density at radius 3 is 2.05 bits per heavy atom. The molecule has 0 radical (unpaired) electrons. The van der Waals surface area contributed by atoms with E-state index in [2.05, 4.69) is 45.2 Å². The maximum absolute atomic E-state index is 10.0. The second-order valence-corrected chi connectivity index (χ2v) is 5.95. The van der Waals surface area contributed by atoms with Crippen molar-refractivity contribution in [2.45, 2.75) is 27.7 Å². The van der Waals surface area contributed by atoms with E-state index in [4.69, 9.17) is 0 Å². The molecule has 0 amide bonds. The van der Waals surface area contributed by atoms with Crippen LogP contribution >= 0.6 is 15.9 Å². The van der Waals surface area contributed by atoms with Crippen LogP contribution in [0.4, 0.5) is 11.4 Å². The van der Waals surface area contributed by atoms with Crippen LogP contribution in [-0.4, -0.2) is 5.11 Å². The maximum atomic E-state index is 10.0. The number of benzene rings is 2. The molecule has 0 saturated carbocycles. The quantitative estimate of drug-likeness (QED) is 0.693. The Hall–Kier alpha value is -1.68. The minimum Gasteiger partial charge on any atom is -0.505 e. The monoisotopic (exact) mass is 332 g/mol. The van der Waals surface area contributed by atoms with Crippen LogP contribution in [0.5, 0.6) is 5.75 Å². The van der Waals surface area contributed by atoms with E-state index >= 15 is 0 Å². The van der Waals surface area contributed by atoms with Crippen molar-refractivity contribution in [1.29, 1.82) is 0 Å². The SMILES string of the molecule is Cc1cc(C)c(N=Nc2cc(Br)cc(C)c2O)c(C)c1. The fourth-order valence-electron chi connectivity index (χ4n) is 2.23. The molecule has 1 N–H and O–H groups in total. The van der Waals surface area contributed by atoms with Crippen LogP contribution in [0.15, 0.2) is 39.0 Å². The Morgan fingerprint density at radius 1 is 0.850 bits per heavy atom. The summed E-state index contributed by atoms with van der Waals surface area (Å²) in [5.74, 6) is 0.166. The molecular formula is C16H17BrN2O. The molecular weight excluding hydrogens is 316 g/mol. The van der Waals surface area contributed by atoms with Crippen molar-refractivity contribution in [2.24, 2.45) is 10.2 Å². The molecule has 0 atom stereocenters. The van der Waals surface area contributed by atoms with Gasteiger partial charge in [-0.15, -0.1) is 10.2 Å². The summed E-state index contributed by atoms with van der Waals surface area (Å²) >= 11 is 3.40. The van der Waals surface area contributed by atoms with Crippen molar-refractivity contribution < 1.29 is 5.11 Å². The molecule has 2 aromatic carbocycles. The molecule has 0 aliphatic heterocycles. The summed E-state index contributed by atoms with van der Waals surface area (Å²) in [7, 11) is 0. The van der Waals surface area contributed by atoms with Crippen molar-refractivity contribution in [3.8, 4) is 5.75 Å². The van der Waals surface area contributed by atoms with Gasteiger partial charge in [0, 0.05) is 4.47 Å². The molecule has 20 heavy (non-hydrogen) atoms. The highest BCUT2D eigenvalue weighted by Gasteiger charge is 2.07. The van der Waals surface area contributed by atoms with Gasteiger partial charge in [-0.3, -0.25) is 0 Å². The lowest BCUT2D eigenvalue weighted by molar-refractivity contribution is 0.472. The van der Waals surface area contributed by atoms with Gasteiger partial charge in [0.1, 0.15) is 11.4 Å². The Kier molecular flexibility index (Phi) is 4.23. The second kappa shape index (κ2) is 5.75. The van der Waals surface area contributed by atoms with E-state index in [1.54, 1.807) is 6.07 Å². The number of rotatable bonds is 2. The molecule has 0 bridgehead atoms. The Labute approximate surface area is 127 Å². The van der Waals surface area contributed by atoms with E-state index in [0.29, 0.717) is 5.69 Å². The van der Waals surface area contributed by atoms with Crippen molar-refractivity contribution in [3.63, 3.8) is 0 Å². The molecule has 0 unspecified atom stereocenters. The highest BCUT2D eigenvalue weighted by Crippen LogP contribution is 2.35. The summed E-state index contributed by atoms with van der Waals surface area (Å²) in [4.78, 5) is 0. The highest BCUT2D eigenvalue weighted by molar-refractivity contribution is 9.10. The lowest BCUT2D eigenvalue weighted by Gasteiger charge is -2.06. The van der Waals surface area contributed by atoms with E-state index in [0.717, 1.165) is 26.9 Å². The van der Waals surface area contributed by atoms with Crippen LogP contribution in [0.1, 0.15) is 22.3 Å². The van der Waals surface area contributed by atoms with Crippen LogP contribution in [0, 0.1) is 27.7 Å². The molecule has 0 aliphatic rings. The molecule has 0 spiro atoms. The Bertz CT molecular complexity index is 670. The van der Waals surface area contributed by atoms with Gasteiger partial charge in [0.15, 0.2) is 0 Å². The van der Waals surface area contributed by atoms with E-state index in [1.807, 2.05) is 26.8 Å². The summed E-state index contributed by atoms with van der Waals surface area (Å²) in [6.07, 6.45) is 0. The number of hydrogen-bond acceptors (Lipinski definition) is 3. The van der Waals surface area contributed by atoms with Crippen molar-refractivity contribution >= 4 is 27.3 Å². The molecule has 0 saturated heterocycles. The first-order valence-corrected chi connectivity index (χ1v) is 7.16. The van der Waals surface area contributed by atoms with Crippen molar-refractivity contribution in [2.75, 3.05) is 0 Å². The molecule has 0 fully saturated rings. The zero-order chi connectivity index (χ0) is 14.9. The summed E-state index contributed by atoms with van der Waals surface area (Å²) in [6.45, 7) is 7.92. The van der Waals surface area contributed by atoms with Crippen LogP contribution in [0.25, 0.3) is 0 Å². The summed E-state index contributed by atoms with van der Waals surface area (Å²) < 4.78 is 0.874. The third kappa shape index (κ3) is 3.07. The summed E-state index contributed by atoms with van der Waals surface area (Å²) in [6, 6.07) is 7.75. The molecule has 0 aromatic heterocycles. The van der Waals surface area contributed by atoms with Gasteiger partial charge in [-0.05, 0) is 56.5 Å². The van der Waals surface area contributed by atoms with E-state index in [9.17, 15) is 5.11 Å². The van der Waals surface area contributed by atoms with Gasteiger partial charge in [0.25, 0.3) is 0 Å². The normalized spacial score (nSPS) is 11.2. The number of nitrogens with zero attached hydrogens (tertiary/aromatic N) is 2. The van der Waals surface area contributed by atoms with E-state index in [-0.39, 0.29) is 5.75 Å². The molecule has 3 nitrogen and oxygen atoms in total. The summed E-state index contributed by atoms with van der Waals surface area (Å²) in [5.41, 5.74) is 5.46. The number of aromatic hydroxyl groups is 1. The van der Waals surface area contributed by atoms with Crippen molar-refractivity contribution in [1.82, 2.24) is 0 Å². The third-order valence-corrected chi connectivity index (χ3v) is 3.60. The van der Waals surface area contributed by atoms with E-state index in [1.165, 1.54) is 5.56 Å². The Morgan fingerprint density at radius 2 is 1.45 bits per heavy atom. The third-order valence-electron chi connectivity index (χ3n) is 3.14. The average Bonchev–Trinajstić information content (AvgIpc) is 2.33. The number of aryl methyl sites for hydroxylation is 4. The number of azo groups is 1. The maximum Gasteiger partial charge on any atom is 0.146 e. The number of phenolic OH excluding ortho intramolecular Hbond substituents is 1. The molecule has 0 heterocycles. The fourth-order valence-corrected chi connectivity index (χ4v) is 2.79. The van der Waals surface area contributed by atoms with Gasteiger partial charge >= 0.3 is 0 Å². The van der Waals surface area contributed by atoms with Gasteiger partial charge in [0.2, 0.25) is 0 Å². The zero-order valence-corrected chi connectivity index (χ0v) is 13.6. The average molecular weight is 333 g/mol. The number of phenols is 1. The van der Waals surface area contributed by atoms with Gasteiger partial charge in [-0.1, -0.05) is 33.6 Å². The standard InChI is InChI=1S/C16H17BrN2O/c1-9-5-10(2)15(11(3)6-9)19-18-14-8-13(17)7-12(4)16(14)20/h5-8,20H,1-4H3. The smallest absolute Gasteiger partial charge is 0.146 e. The topological polar surface area (TPSA) is 45.0 Å². The first-order valence-electron chi connectivity index (χ1n) is 6.37. The minimum atomic E-state index is 0.166. The highest BCUT2D eigenvalue weighted by atomic mass is 79.9. The van der Waals surface area contributed by atoms with Crippen LogP contribution < -0.4 is 0 Å². The largest absolute Gasteiger partial charge is 0.505 e. The van der Waals surface area contributed by atoms with E-state index < -0.39 is 0 Å². The minimum absolute atomic E-state index is 0.166. The number of halogens is 1. The first-order chi connectivity index (χ1) is 9.38. The second-order valence-electron chi connectivity index (χ2n) is 5.04. The van der Waals surface area contributed by atoms with Gasteiger partial charge in [-0.25, -0.2) is 0 Å². The molecule has 4 heteroatoms. The molecule has 0 aliphatic carbocycles. The Balaban J connectivity index is 2.45. The molecule has 104 valence electrons. The van der Waals surface area contributed by atoms with Crippen molar-refractivity contribution in [3.05, 3.63) is 51.0 Å². The predicted molar refractivity (Wildman–Crippen MR) is 85.4 cm³/mol. The number of hydrogen-bond donors (Lipinski definition) is 1.